The highest BCUT2D eigenvalue weighted by atomic mass is 35.5. The van der Waals surface area contributed by atoms with Gasteiger partial charge in [-0.15, -0.1) is 0 Å². The first kappa shape index (κ1) is 17.5. The zero-order valence-electron chi connectivity index (χ0n) is 13.5. The largest absolute Gasteiger partial charge is 0.494 e. The molecule has 6 heteroatoms. The van der Waals surface area contributed by atoms with Gasteiger partial charge >= 0.3 is 5.97 Å². The van der Waals surface area contributed by atoms with Crippen molar-refractivity contribution < 1.29 is 14.3 Å². The average Bonchev–Trinajstić information content (AvgIpc) is 2.93. The van der Waals surface area contributed by atoms with Crippen LogP contribution in [0.3, 0.4) is 0 Å². The van der Waals surface area contributed by atoms with Gasteiger partial charge in [-0.25, -0.2) is 9.79 Å². The molecule has 0 saturated carbocycles. The Hall–Kier alpha value is -2.30. The molecular formula is C19H15Cl2NO3. The highest BCUT2D eigenvalue weighted by molar-refractivity contribution is 6.37. The van der Waals surface area contributed by atoms with Crippen molar-refractivity contribution in [2.75, 3.05) is 6.61 Å². The number of halogens is 2. The van der Waals surface area contributed by atoms with Gasteiger partial charge in [0.1, 0.15) is 5.75 Å². The second-order valence-electron chi connectivity index (χ2n) is 5.38. The van der Waals surface area contributed by atoms with E-state index in [1.165, 1.54) is 0 Å². The molecule has 4 nitrogen and oxygen atoms in total. The van der Waals surface area contributed by atoms with Crippen molar-refractivity contribution in [2.24, 2.45) is 4.99 Å². The van der Waals surface area contributed by atoms with Gasteiger partial charge in [0.05, 0.1) is 17.2 Å². The molecule has 128 valence electrons. The summed E-state index contributed by atoms with van der Waals surface area (Å²) in [6.45, 7) is 2.68. The maximum absolute atomic E-state index is 12.1. The summed E-state index contributed by atoms with van der Waals surface area (Å²) in [5.74, 6) is 0.379. The van der Waals surface area contributed by atoms with Crippen molar-refractivity contribution in [2.45, 2.75) is 13.3 Å². The van der Waals surface area contributed by atoms with E-state index in [-0.39, 0.29) is 11.6 Å². The minimum absolute atomic E-state index is 0.163. The minimum Gasteiger partial charge on any atom is -0.494 e. The SMILES string of the molecule is CCCOc1cccc(/C=C2/N=C(c3ccc(Cl)cc3Cl)OC2=O)c1. The Labute approximate surface area is 155 Å². The molecule has 1 heterocycles. The monoisotopic (exact) mass is 375 g/mol. The predicted molar refractivity (Wildman–Crippen MR) is 99.3 cm³/mol. The van der Waals surface area contributed by atoms with Gasteiger partial charge in [0.15, 0.2) is 5.70 Å². The zero-order valence-corrected chi connectivity index (χ0v) is 15.0. The predicted octanol–water partition coefficient (Wildman–Crippen LogP) is 5.13. The van der Waals surface area contributed by atoms with Gasteiger partial charge in [-0.1, -0.05) is 42.3 Å². The molecule has 0 N–H and O–H groups in total. The number of aliphatic imine (C=N–C) groups is 1. The maximum atomic E-state index is 12.1. The molecule has 0 unspecified atom stereocenters. The van der Waals surface area contributed by atoms with Crippen LogP contribution < -0.4 is 4.74 Å². The van der Waals surface area contributed by atoms with E-state index in [4.69, 9.17) is 32.7 Å². The number of benzene rings is 2. The Morgan fingerprint density at radius 3 is 2.80 bits per heavy atom. The van der Waals surface area contributed by atoms with Gasteiger partial charge in [-0.2, -0.15) is 0 Å². The Balaban J connectivity index is 1.88. The molecule has 0 bridgehead atoms. The Morgan fingerprint density at radius 1 is 1.20 bits per heavy atom. The average molecular weight is 376 g/mol. The van der Waals surface area contributed by atoms with Crippen molar-refractivity contribution in [1.82, 2.24) is 0 Å². The lowest BCUT2D eigenvalue weighted by Crippen LogP contribution is -2.05. The van der Waals surface area contributed by atoms with E-state index in [1.54, 1.807) is 24.3 Å². The van der Waals surface area contributed by atoms with E-state index in [0.29, 0.717) is 22.2 Å². The fraction of sp³-hybridized carbons (Fsp3) is 0.158. The van der Waals surface area contributed by atoms with Crippen LogP contribution in [0.5, 0.6) is 5.75 Å². The summed E-state index contributed by atoms with van der Waals surface area (Å²) in [6, 6.07) is 12.3. The number of hydrogen-bond acceptors (Lipinski definition) is 4. The standard InChI is InChI=1S/C19H15Cl2NO3/c1-2-8-24-14-5-3-4-12(9-14)10-17-19(23)25-18(22-17)15-7-6-13(20)11-16(15)21/h3-7,9-11H,2,8H2,1H3/b17-10+. The van der Waals surface area contributed by atoms with Crippen LogP contribution in [0.2, 0.25) is 10.0 Å². The lowest BCUT2D eigenvalue weighted by Gasteiger charge is -2.04. The minimum atomic E-state index is -0.527. The lowest BCUT2D eigenvalue weighted by atomic mass is 10.2. The summed E-state index contributed by atoms with van der Waals surface area (Å²) in [4.78, 5) is 16.3. The normalized spacial score (nSPS) is 15.2. The maximum Gasteiger partial charge on any atom is 0.363 e. The van der Waals surface area contributed by atoms with Gasteiger partial charge in [0.2, 0.25) is 5.90 Å². The van der Waals surface area contributed by atoms with E-state index in [2.05, 4.69) is 4.99 Å². The van der Waals surface area contributed by atoms with Gasteiger partial charge in [0.25, 0.3) is 0 Å². The summed E-state index contributed by atoms with van der Waals surface area (Å²) in [5, 5.41) is 0.869. The summed E-state index contributed by atoms with van der Waals surface area (Å²) >= 11 is 12.0. The number of cyclic esters (lactones) is 1. The zero-order chi connectivity index (χ0) is 17.8. The number of esters is 1. The molecule has 3 rings (SSSR count). The Morgan fingerprint density at radius 2 is 2.04 bits per heavy atom. The molecule has 2 aromatic carbocycles. The van der Waals surface area contributed by atoms with E-state index in [9.17, 15) is 4.79 Å². The van der Waals surface area contributed by atoms with Crippen LogP contribution in [0.1, 0.15) is 24.5 Å². The van der Waals surface area contributed by atoms with Crippen LogP contribution in [-0.4, -0.2) is 18.5 Å². The number of carbonyl (C=O) groups is 1. The van der Waals surface area contributed by atoms with Crippen LogP contribution in [0.25, 0.3) is 6.08 Å². The topological polar surface area (TPSA) is 47.9 Å². The second-order valence-corrected chi connectivity index (χ2v) is 6.22. The quantitative estimate of drug-likeness (QED) is 0.537. The molecular weight excluding hydrogens is 361 g/mol. The summed E-state index contributed by atoms with van der Waals surface area (Å²) < 4.78 is 10.8. The third-order valence-corrected chi connectivity index (χ3v) is 3.96. The van der Waals surface area contributed by atoms with Crippen molar-refractivity contribution in [3.8, 4) is 5.75 Å². The van der Waals surface area contributed by atoms with Crippen LogP contribution in [0.15, 0.2) is 53.2 Å². The molecule has 0 aliphatic carbocycles. The molecule has 0 atom stereocenters. The first-order valence-electron chi connectivity index (χ1n) is 7.77. The van der Waals surface area contributed by atoms with E-state index < -0.39 is 5.97 Å². The highest BCUT2D eigenvalue weighted by Crippen LogP contribution is 2.26. The lowest BCUT2D eigenvalue weighted by molar-refractivity contribution is -0.129. The summed E-state index contributed by atoms with van der Waals surface area (Å²) in [6.07, 6.45) is 2.57. The molecule has 1 aliphatic rings. The van der Waals surface area contributed by atoms with Crippen LogP contribution in [0.4, 0.5) is 0 Å². The third-order valence-electron chi connectivity index (χ3n) is 3.42. The Bertz CT molecular complexity index is 875. The number of ether oxygens (including phenoxy) is 2. The molecule has 0 radical (unpaired) electrons. The molecule has 2 aromatic rings. The molecule has 0 amide bonds. The molecule has 0 spiro atoms. The number of hydrogen-bond donors (Lipinski definition) is 0. The van der Waals surface area contributed by atoms with Crippen LogP contribution >= 0.6 is 23.2 Å². The highest BCUT2D eigenvalue weighted by Gasteiger charge is 2.25. The van der Waals surface area contributed by atoms with Gasteiger partial charge < -0.3 is 9.47 Å². The number of carbonyl (C=O) groups excluding carboxylic acids is 1. The van der Waals surface area contributed by atoms with E-state index in [1.807, 2.05) is 31.2 Å². The van der Waals surface area contributed by atoms with E-state index in [0.717, 1.165) is 17.7 Å². The van der Waals surface area contributed by atoms with Crippen molar-refractivity contribution in [1.29, 1.82) is 0 Å². The van der Waals surface area contributed by atoms with Crippen LogP contribution in [0, 0.1) is 0 Å². The van der Waals surface area contributed by atoms with Gasteiger partial charge in [-0.3, -0.25) is 0 Å². The number of rotatable bonds is 5. The fourth-order valence-electron chi connectivity index (χ4n) is 2.26. The third kappa shape index (κ3) is 4.21. The first-order chi connectivity index (χ1) is 12.1. The number of nitrogens with zero attached hydrogens (tertiary/aromatic N) is 1. The molecule has 1 aliphatic heterocycles. The van der Waals surface area contributed by atoms with Crippen LogP contribution in [-0.2, 0) is 9.53 Å². The summed E-state index contributed by atoms with van der Waals surface area (Å²) in [7, 11) is 0. The molecule has 0 aromatic heterocycles. The molecule has 0 saturated heterocycles. The molecule has 25 heavy (non-hydrogen) atoms. The van der Waals surface area contributed by atoms with Crippen molar-refractivity contribution in [3.05, 3.63) is 69.3 Å². The smallest absolute Gasteiger partial charge is 0.363 e. The Kier molecular flexibility index (Phi) is 5.41. The second kappa shape index (κ2) is 7.72. The van der Waals surface area contributed by atoms with E-state index >= 15 is 0 Å². The van der Waals surface area contributed by atoms with Crippen molar-refractivity contribution in [3.63, 3.8) is 0 Å². The molecule has 0 fully saturated rings. The first-order valence-corrected chi connectivity index (χ1v) is 8.53. The fourth-order valence-corrected chi connectivity index (χ4v) is 2.75. The van der Waals surface area contributed by atoms with Gasteiger partial charge in [0, 0.05) is 5.02 Å². The van der Waals surface area contributed by atoms with Crippen molar-refractivity contribution >= 4 is 41.1 Å². The summed E-state index contributed by atoms with van der Waals surface area (Å²) in [5.41, 5.74) is 1.52. The van der Waals surface area contributed by atoms with Gasteiger partial charge in [-0.05, 0) is 48.4 Å².